The Kier molecular flexibility index (Phi) is 6.53. The number of aliphatic imine (C=N–C) groups is 2. The molecule has 1 fully saturated rings. The molecule has 0 unspecified atom stereocenters. The Bertz CT molecular complexity index is 876. The van der Waals surface area contributed by atoms with Gasteiger partial charge in [0.2, 0.25) is 5.96 Å². The van der Waals surface area contributed by atoms with Crippen molar-refractivity contribution in [3.05, 3.63) is 30.2 Å². The molecule has 6 heteroatoms. The van der Waals surface area contributed by atoms with Gasteiger partial charge in [0.15, 0.2) is 0 Å². The summed E-state index contributed by atoms with van der Waals surface area (Å²) in [5.74, 6) is 6.94. The lowest BCUT2D eigenvalue weighted by atomic mass is 10.0. The summed E-state index contributed by atoms with van der Waals surface area (Å²) < 4.78 is 1.92. The zero-order chi connectivity index (χ0) is 19.2. The van der Waals surface area contributed by atoms with E-state index in [2.05, 4.69) is 26.8 Å². The molecule has 3 N–H and O–H groups in total. The maximum atomic E-state index is 10.3. The minimum atomic E-state index is -0.859. The Morgan fingerprint density at radius 1 is 1.35 bits per heavy atom. The van der Waals surface area contributed by atoms with Crippen LogP contribution in [0.5, 0.6) is 0 Å². The van der Waals surface area contributed by atoms with E-state index in [1.165, 1.54) is 0 Å². The van der Waals surface area contributed by atoms with Crippen molar-refractivity contribution in [1.29, 1.82) is 0 Å². The zero-order valence-electron chi connectivity index (χ0n) is 16.0. The van der Waals surface area contributed by atoms with E-state index in [-0.39, 0.29) is 5.96 Å². The van der Waals surface area contributed by atoms with Crippen LogP contribution < -0.4 is 5.73 Å². The van der Waals surface area contributed by atoms with Gasteiger partial charge in [-0.25, -0.2) is 9.98 Å². The molecular formula is C20H27N5O. The third kappa shape index (κ3) is 4.50. The average molecular weight is 353 g/mol. The third-order valence-electron chi connectivity index (χ3n) is 4.28. The predicted octanol–water partition coefficient (Wildman–Crippen LogP) is 2.93. The predicted molar refractivity (Wildman–Crippen MR) is 107 cm³/mol. The van der Waals surface area contributed by atoms with Gasteiger partial charge in [-0.3, -0.25) is 4.99 Å². The Hall–Kier alpha value is -2.65. The lowest BCUT2D eigenvalue weighted by Crippen LogP contribution is -2.20. The lowest BCUT2D eigenvalue weighted by molar-refractivity contribution is 0.110. The summed E-state index contributed by atoms with van der Waals surface area (Å²) in [6, 6.07) is 3.86. The molecule has 26 heavy (non-hydrogen) atoms. The Labute approximate surface area is 154 Å². The van der Waals surface area contributed by atoms with E-state index in [0.29, 0.717) is 11.5 Å². The number of rotatable bonds is 0. The maximum absolute atomic E-state index is 10.3. The van der Waals surface area contributed by atoms with Crippen molar-refractivity contribution in [3.63, 3.8) is 0 Å². The van der Waals surface area contributed by atoms with Crippen LogP contribution in [-0.4, -0.2) is 39.1 Å². The van der Waals surface area contributed by atoms with E-state index in [9.17, 15) is 5.11 Å². The summed E-state index contributed by atoms with van der Waals surface area (Å²) in [7, 11) is 1.60. The van der Waals surface area contributed by atoms with Crippen molar-refractivity contribution < 1.29 is 5.11 Å². The molecule has 0 spiro atoms. The van der Waals surface area contributed by atoms with Crippen molar-refractivity contribution in [3.8, 4) is 11.8 Å². The number of fused-ring (bicyclic) bond motifs is 1. The van der Waals surface area contributed by atoms with Gasteiger partial charge in [-0.1, -0.05) is 19.8 Å². The van der Waals surface area contributed by atoms with Gasteiger partial charge in [-0.05, 0) is 50.7 Å². The van der Waals surface area contributed by atoms with E-state index in [0.717, 1.165) is 36.6 Å². The fraction of sp³-hybridized carbons (Fsp3) is 0.450. The van der Waals surface area contributed by atoms with Gasteiger partial charge in [0.1, 0.15) is 17.1 Å². The van der Waals surface area contributed by atoms with Crippen LogP contribution in [0.15, 0.2) is 34.5 Å². The molecule has 0 aromatic carbocycles. The standard InChI is InChI=1S/C18H21N5O.C2H6/c1-13(22-17(19)20-2)23-10-6-14-12-21-15(11-16(14)23)5-9-18(24)7-3-4-8-18;1-2/h6,10-12,24H,3-4,7-8H2,1-2H3,(H2,19,20);1-2H3/b22-13+;. The van der Waals surface area contributed by atoms with Crippen LogP contribution in [0.3, 0.4) is 0 Å². The number of guanidine groups is 1. The van der Waals surface area contributed by atoms with Crippen molar-refractivity contribution >= 4 is 22.7 Å². The molecule has 0 amide bonds. The molecule has 2 aromatic heterocycles. The normalized spacial score (nSPS) is 16.7. The SMILES string of the molecule is CC.CN=C(N)/N=C(\C)n1ccc2cnc(C#CC3(O)CCCC3)cc21. The summed E-state index contributed by atoms with van der Waals surface area (Å²) >= 11 is 0. The van der Waals surface area contributed by atoms with Gasteiger partial charge in [0, 0.05) is 24.8 Å². The number of nitrogens with zero attached hydrogens (tertiary/aromatic N) is 4. The van der Waals surface area contributed by atoms with Gasteiger partial charge in [0.25, 0.3) is 0 Å². The van der Waals surface area contributed by atoms with E-state index in [1.807, 2.05) is 43.7 Å². The maximum Gasteiger partial charge on any atom is 0.216 e. The first kappa shape index (κ1) is 19.7. The highest BCUT2D eigenvalue weighted by molar-refractivity contribution is 6.00. The molecule has 1 aliphatic rings. The average Bonchev–Trinajstić information content (AvgIpc) is 3.28. The Morgan fingerprint density at radius 3 is 2.69 bits per heavy atom. The van der Waals surface area contributed by atoms with E-state index in [4.69, 9.17) is 5.73 Å². The molecule has 0 radical (unpaired) electrons. The fourth-order valence-electron chi connectivity index (χ4n) is 2.91. The summed E-state index contributed by atoms with van der Waals surface area (Å²) in [5.41, 5.74) is 6.39. The van der Waals surface area contributed by atoms with Crippen molar-refractivity contribution in [1.82, 2.24) is 9.55 Å². The van der Waals surface area contributed by atoms with E-state index >= 15 is 0 Å². The smallest absolute Gasteiger partial charge is 0.216 e. The first-order valence-corrected chi connectivity index (χ1v) is 9.01. The second-order valence-corrected chi connectivity index (χ2v) is 6.04. The zero-order valence-corrected chi connectivity index (χ0v) is 16.0. The number of hydrogen-bond donors (Lipinski definition) is 2. The summed E-state index contributed by atoms with van der Waals surface area (Å²) in [4.78, 5) is 12.5. The molecular weight excluding hydrogens is 326 g/mol. The number of hydrogen-bond acceptors (Lipinski definition) is 3. The summed E-state index contributed by atoms with van der Waals surface area (Å²) in [6.07, 6.45) is 7.21. The molecule has 0 atom stereocenters. The van der Waals surface area contributed by atoms with Crippen LogP contribution in [-0.2, 0) is 0 Å². The van der Waals surface area contributed by atoms with E-state index in [1.54, 1.807) is 13.2 Å². The van der Waals surface area contributed by atoms with Gasteiger partial charge in [0.05, 0.1) is 5.52 Å². The fourth-order valence-corrected chi connectivity index (χ4v) is 2.91. The minimum Gasteiger partial charge on any atom is -0.378 e. The van der Waals surface area contributed by atoms with Crippen LogP contribution in [0.4, 0.5) is 0 Å². The molecule has 138 valence electrons. The topological polar surface area (TPSA) is 88.8 Å². The number of pyridine rings is 1. The number of nitrogens with two attached hydrogens (primary N) is 1. The largest absolute Gasteiger partial charge is 0.378 e. The lowest BCUT2D eigenvalue weighted by Gasteiger charge is -2.12. The van der Waals surface area contributed by atoms with Crippen molar-refractivity contribution in [2.75, 3.05) is 7.05 Å². The van der Waals surface area contributed by atoms with Crippen LogP contribution in [0.1, 0.15) is 52.1 Å². The van der Waals surface area contributed by atoms with Gasteiger partial charge < -0.3 is 15.4 Å². The van der Waals surface area contributed by atoms with Crippen LogP contribution in [0.2, 0.25) is 0 Å². The Balaban J connectivity index is 0.00000117. The third-order valence-corrected chi connectivity index (χ3v) is 4.28. The molecule has 2 heterocycles. The summed E-state index contributed by atoms with van der Waals surface area (Å²) in [5, 5.41) is 11.3. The van der Waals surface area contributed by atoms with Crippen LogP contribution >= 0.6 is 0 Å². The minimum absolute atomic E-state index is 0.229. The molecule has 1 aliphatic carbocycles. The summed E-state index contributed by atoms with van der Waals surface area (Å²) in [6.45, 7) is 5.87. The molecule has 3 rings (SSSR count). The molecule has 0 bridgehead atoms. The second kappa shape index (κ2) is 8.63. The molecule has 0 aliphatic heterocycles. The van der Waals surface area contributed by atoms with Crippen LogP contribution in [0, 0.1) is 11.8 Å². The van der Waals surface area contributed by atoms with Gasteiger partial charge in [-0.2, -0.15) is 0 Å². The Morgan fingerprint density at radius 2 is 2.04 bits per heavy atom. The highest BCUT2D eigenvalue weighted by Gasteiger charge is 2.28. The monoisotopic (exact) mass is 353 g/mol. The van der Waals surface area contributed by atoms with Gasteiger partial charge in [-0.15, -0.1) is 0 Å². The van der Waals surface area contributed by atoms with Crippen molar-refractivity contribution in [2.24, 2.45) is 15.7 Å². The number of aromatic nitrogens is 2. The first-order chi connectivity index (χ1) is 12.5. The van der Waals surface area contributed by atoms with Crippen molar-refractivity contribution in [2.45, 2.75) is 52.1 Å². The molecule has 1 saturated carbocycles. The molecule has 2 aromatic rings. The van der Waals surface area contributed by atoms with Gasteiger partial charge >= 0.3 is 0 Å². The second-order valence-electron chi connectivity index (χ2n) is 6.04. The van der Waals surface area contributed by atoms with Crippen LogP contribution in [0.25, 0.3) is 10.9 Å². The molecule has 0 saturated heterocycles. The van der Waals surface area contributed by atoms with E-state index < -0.39 is 5.60 Å². The first-order valence-electron chi connectivity index (χ1n) is 9.01. The molecule has 6 nitrogen and oxygen atoms in total. The highest BCUT2D eigenvalue weighted by Crippen LogP contribution is 2.28. The highest BCUT2D eigenvalue weighted by atomic mass is 16.3. The quantitative estimate of drug-likeness (QED) is 0.433. The number of aliphatic hydroxyl groups is 1.